The molecule has 0 saturated carbocycles. The second kappa shape index (κ2) is 5.21. The number of carbonyl (C=O) groups excluding carboxylic acids is 1. The number of likely N-dealkylation sites (N-methyl/N-ethyl adjacent to an activating group) is 1. The molecular formula is C20H17NO2. The third-order valence-corrected chi connectivity index (χ3v) is 4.47. The van der Waals surface area contributed by atoms with Crippen LogP contribution in [0.5, 0.6) is 0 Å². The average molecular weight is 303 g/mol. The van der Waals surface area contributed by atoms with Gasteiger partial charge in [0.15, 0.2) is 0 Å². The highest BCUT2D eigenvalue weighted by Gasteiger charge is 2.43. The summed E-state index contributed by atoms with van der Waals surface area (Å²) < 4.78 is 6.10. The molecule has 2 atom stereocenters. The second-order valence-electron chi connectivity index (χ2n) is 5.94. The van der Waals surface area contributed by atoms with Gasteiger partial charge in [-0.2, -0.15) is 0 Å². The Hall–Kier alpha value is -2.65. The highest BCUT2D eigenvalue weighted by atomic mass is 16.5. The van der Waals surface area contributed by atoms with Crippen molar-refractivity contribution in [3.05, 3.63) is 82.8 Å². The van der Waals surface area contributed by atoms with Gasteiger partial charge < -0.3 is 4.74 Å². The smallest absolute Gasteiger partial charge is 0.218 e. The van der Waals surface area contributed by atoms with Crippen molar-refractivity contribution >= 4 is 17.6 Å². The number of hydrogen-bond donors (Lipinski definition) is 0. The summed E-state index contributed by atoms with van der Waals surface area (Å²) in [4.78, 5) is 14.8. The molecule has 4 rings (SSSR count). The molecule has 0 spiro atoms. The fraction of sp³-hybridized carbons (Fsp3) is 0.150. The molecule has 1 aliphatic carbocycles. The predicted molar refractivity (Wildman–Crippen MR) is 89.9 cm³/mol. The predicted octanol–water partition coefficient (Wildman–Crippen LogP) is 1.68. The quantitative estimate of drug-likeness (QED) is 0.791. The third kappa shape index (κ3) is 2.13. The minimum absolute atomic E-state index is 0.0275. The Morgan fingerprint density at radius 3 is 2.57 bits per heavy atom. The lowest BCUT2D eigenvalue weighted by Gasteiger charge is -2.22. The van der Waals surface area contributed by atoms with Gasteiger partial charge in [0, 0.05) is 10.8 Å². The molecule has 1 saturated heterocycles. The van der Waals surface area contributed by atoms with E-state index in [9.17, 15) is 4.79 Å². The van der Waals surface area contributed by atoms with E-state index in [-0.39, 0.29) is 11.8 Å². The van der Waals surface area contributed by atoms with Crippen molar-refractivity contribution in [3.8, 4) is 0 Å². The molecule has 1 fully saturated rings. The van der Waals surface area contributed by atoms with Crippen LogP contribution in [0.15, 0.2) is 66.7 Å². The Morgan fingerprint density at radius 2 is 1.78 bits per heavy atom. The monoisotopic (exact) mass is 303 g/mol. The van der Waals surface area contributed by atoms with Crippen molar-refractivity contribution in [1.29, 1.82) is 0 Å². The van der Waals surface area contributed by atoms with E-state index in [4.69, 9.17) is 4.74 Å². The van der Waals surface area contributed by atoms with Crippen LogP contribution in [0.1, 0.15) is 10.4 Å². The van der Waals surface area contributed by atoms with Gasteiger partial charge in [0.25, 0.3) is 0 Å². The summed E-state index contributed by atoms with van der Waals surface area (Å²) >= 11 is 0. The van der Waals surface area contributed by atoms with Crippen LogP contribution in [-0.2, 0) is 4.74 Å². The summed E-state index contributed by atoms with van der Waals surface area (Å²) in [7, 11) is 1.91. The molecule has 2 unspecified atom stereocenters. The molecule has 0 bridgehead atoms. The van der Waals surface area contributed by atoms with Gasteiger partial charge in [-0.25, -0.2) is 0 Å². The van der Waals surface area contributed by atoms with E-state index >= 15 is 0 Å². The van der Waals surface area contributed by atoms with Crippen LogP contribution in [-0.4, -0.2) is 30.0 Å². The first-order valence-electron chi connectivity index (χ1n) is 7.64. The molecular weight excluding hydrogens is 286 g/mol. The highest BCUT2D eigenvalue weighted by molar-refractivity contribution is 6.00. The Kier molecular flexibility index (Phi) is 3.17. The minimum Gasteiger partial charge on any atom is -0.469 e. The zero-order valence-electron chi connectivity index (χ0n) is 12.9. The van der Waals surface area contributed by atoms with Crippen molar-refractivity contribution < 1.29 is 9.53 Å². The molecule has 3 heteroatoms. The standard InChI is InChI=1S/C20H17NO2/c1-13-12-15-10-6-7-11-16(15)19-17(13)21(2)20(23-19)18(22)14-8-4-3-5-9-14/h3-12,17,20H,1H2,2H3. The highest BCUT2D eigenvalue weighted by Crippen LogP contribution is 2.32. The molecule has 2 aromatic carbocycles. The van der Waals surface area contributed by atoms with Crippen molar-refractivity contribution in [2.75, 3.05) is 7.05 Å². The number of rotatable bonds is 2. The van der Waals surface area contributed by atoms with E-state index in [2.05, 4.69) is 12.7 Å². The van der Waals surface area contributed by atoms with E-state index in [1.54, 1.807) is 0 Å². The summed E-state index contributed by atoms with van der Waals surface area (Å²) in [6.07, 6.45) is 1.45. The van der Waals surface area contributed by atoms with Crippen LogP contribution in [0.3, 0.4) is 0 Å². The van der Waals surface area contributed by atoms with Gasteiger partial charge in [0.05, 0.1) is 6.04 Å². The topological polar surface area (TPSA) is 29.5 Å². The molecule has 1 heterocycles. The number of hydrogen-bond acceptors (Lipinski definition) is 3. The van der Waals surface area contributed by atoms with Gasteiger partial charge in [-0.1, -0.05) is 61.2 Å². The molecule has 0 aromatic heterocycles. The molecule has 2 aliphatic rings. The molecule has 0 radical (unpaired) electrons. The molecule has 114 valence electrons. The normalized spacial score (nSPS) is 22.8. The summed E-state index contributed by atoms with van der Waals surface area (Å²) in [5.74, 6) is 0.796. The number of ether oxygens (including phenoxy) is 1. The largest absolute Gasteiger partial charge is 0.469 e. The molecule has 2 aromatic rings. The Morgan fingerprint density at radius 1 is 1.09 bits per heavy atom. The summed E-state index contributed by atoms with van der Waals surface area (Å²) in [5.41, 5.74) is 1.61. The molecule has 3 nitrogen and oxygen atoms in total. The molecule has 0 N–H and O–H groups in total. The van der Waals surface area contributed by atoms with Gasteiger partial charge in [0.1, 0.15) is 5.76 Å². The minimum atomic E-state index is -0.617. The Balaban J connectivity index is 1.81. The molecule has 0 amide bonds. The van der Waals surface area contributed by atoms with Gasteiger partial charge >= 0.3 is 0 Å². The fourth-order valence-electron chi connectivity index (χ4n) is 3.34. The van der Waals surface area contributed by atoms with Crippen LogP contribution >= 0.6 is 0 Å². The first-order valence-corrected chi connectivity index (χ1v) is 7.64. The zero-order valence-corrected chi connectivity index (χ0v) is 12.9. The van der Waals surface area contributed by atoms with Crippen LogP contribution in [0, 0.1) is 0 Å². The number of benzene rings is 2. The van der Waals surface area contributed by atoms with Gasteiger partial charge in [-0.15, -0.1) is 0 Å². The van der Waals surface area contributed by atoms with Crippen molar-refractivity contribution in [1.82, 2.24) is 4.90 Å². The first kappa shape index (κ1) is 14.0. The number of ketones is 1. The van der Waals surface area contributed by atoms with E-state index < -0.39 is 6.23 Å². The third-order valence-electron chi connectivity index (χ3n) is 4.47. The SMILES string of the molecule is C=C1C=c2ccccc2=C2OC(C(=O)c3ccccc3)N(C)C12. The van der Waals surface area contributed by atoms with Crippen molar-refractivity contribution in [2.45, 2.75) is 12.3 Å². The van der Waals surface area contributed by atoms with E-state index in [1.807, 2.05) is 66.5 Å². The molecule has 1 aliphatic heterocycles. The maximum atomic E-state index is 12.8. The van der Waals surface area contributed by atoms with Crippen LogP contribution in [0.2, 0.25) is 0 Å². The lowest BCUT2D eigenvalue weighted by molar-refractivity contribution is 0.0512. The fourth-order valence-corrected chi connectivity index (χ4v) is 3.34. The van der Waals surface area contributed by atoms with Gasteiger partial charge in [-0.05, 0) is 23.9 Å². The second-order valence-corrected chi connectivity index (χ2v) is 5.94. The summed E-state index contributed by atoms with van der Waals surface area (Å²) in [6.45, 7) is 4.16. The van der Waals surface area contributed by atoms with Gasteiger partial charge in [-0.3, -0.25) is 9.69 Å². The van der Waals surface area contributed by atoms with Crippen LogP contribution in [0.4, 0.5) is 0 Å². The number of fused-ring (bicyclic) bond motifs is 2. The zero-order chi connectivity index (χ0) is 16.0. The van der Waals surface area contributed by atoms with Crippen molar-refractivity contribution in [2.24, 2.45) is 0 Å². The number of carbonyl (C=O) groups is 1. The number of Topliss-reactive ketones (excluding diaryl/α,β-unsaturated/α-hetero) is 1. The van der Waals surface area contributed by atoms with Gasteiger partial charge in [0.2, 0.25) is 12.0 Å². The van der Waals surface area contributed by atoms with E-state index in [0.717, 1.165) is 21.8 Å². The van der Waals surface area contributed by atoms with Crippen LogP contribution in [0.25, 0.3) is 11.8 Å². The maximum absolute atomic E-state index is 12.8. The first-order chi connectivity index (χ1) is 11.2. The average Bonchev–Trinajstić information content (AvgIpc) is 2.93. The van der Waals surface area contributed by atoms with E-state index in [1.165, 1.54) is 0 Å². The Labute approximate surface area is 134 Å². The number of nitrogens with zero attached hydrogens (tertiary/aromatic N) is 1. The van der Waals surface area contributed by atoms with Crippen LogP contribution < -0.4 is 10.4 Å². The Bertz CT molecular complexity index is 914. The lowest BCUT2D eigenvalue weighted by atomic mass is 9.97. The lowest BCUT2D eigenvalue weighted by Crippen LogP contribution is -2.41. The maximum Gasteiger partial charge on any atom is 0.218 e. The summed E-state index contributed by atoms with van der Waals surface area (Å²) in [5, 5.41) is 2.13. The summed E-state index contributed by atoms with van der Waals surface area (Å²) in [6, 6.07) is 17.2. The molecule has 23 heavy (non-hydrogen) atoms. The van der Waals surface area contributed by atoms with E-state index in [0.29, 0.717) is 5.56 Å². The van der Waals surface area contributed by atoms with Crippen molar-refractivity contribution in [3.63, 3.8) is 0 Å².